The number of nitrogens with zero attached hydrogens (tertiary/aromatic N) is 3. The molecule has 3 heterocycles. The second kappa shape index (κ2) is 7.67. The number of hydrogen-bond donors (Lipinski definition) is 0. The number of amides is 2. The van der Waals surface area contributed by atoms with E-state index >= 15 is 0 Å². The van der Waals surface area contributed by atoms with Gasteiger partial charge in [0.15, 0.2) is 11.5 Å². The maximum atomic E-state index is 13.0. The number of benzene rings is 1. The summed E-state index contributed by atoms with van der Waals surface area (Å²) in [4.78, 5) is 28.4. The van der Waals surface area contributed by atoms with Gasteiger partial charge in [0.05, 0.1) is 12.7 Å². The number of hydrogen-bond acceptors (Lipinski definition) is 5. The molecule has 0 spiro atoms. The van der Waals surface area contributed by atoms with Gasteiger partial charge in [-0.3, -0.25) is 9.59 Å². The van der Waals surface area contributed by atoms with E-state index in [-0.39, 0.29) is 29.7 Å². The van der Waals surface area contributed by atoms with Crippen molar-refractivity contribution in [3.05, 3.63) is 65.8 Å². The Bertz CT molecular complexity index is 958. The molecule has 1 aliphatic heterocycles. The summed E-state index contributed by atoms with van der Waals surface area (Å²) in [6, 6.07) is 10.9. The largest absolute Gasteiger partial charge is 0.461 e. The summed E-state index contributed by atoms with van der Waals surface area (Å²) in [7, 11) is 0. The molecule has 28 heavy (non-hydrogen) atoms. The summed E-state index contributed by atoms with van der Waals surface area (Å²) in [5.41, 5.74) is 0.968. The normalized spacial score (nSPS) is 14.3. The van der Waals surface area contributed by atoms with Crippen LogP contribution in [-0.2, 0) is 11.2 Å². The van der Waals surface area contributed by atoms with E-state index < -0.39 is 0 Å². The molecule has 0 atom stereocenters. The molecule has 4 rings (SSSR count). The molecule has 0 aliphatic carbocycles. The minimum atomic E-state index is -0.327. The fourth-order valence-electron chi connectivity index (χ4n) is 3.12. The first kappa shape index (κ1) is 18.0. The number of aromatic nitrogens is 1. The summed E-state index contributed by atoms with van der Waals surface area (Å²) >= 11 is 0. The van der Waals surface area contributed by atoms with Gasteiger partial charge in [-0.2, -0.15) is 0 Å². The Hall–Kier alpha value is -3.42. The van der Waals surface area contributed by atoms with E-state index in [1.54, 1.807) is 40.1 Å². The zero-order chi connectivity index (χ0) is 19.5. The van der Waals surface area contributed by atoms with E-state index in [2.05, 4.69) is 5.16 Å². The van der Waals surface area contributed by atoms with E-state index in [1.165, 1.54) is 18.4 Å². The van der Waals surface area contributed by atoms with Crippen LogP contribution in [0.1, 0.15) is 16.1 Å². The van der Waals surface area contributed by atoms with Crippen LogP contribution in [0.15, 0.2) is 57.7 Å². The molecule has 8 heteroatoms. The zero-order valence-corrected chi connectivity index (χ0v) is 15.0. The highest BCUT2D eigenvalue weighted by Crippen LogP contribution is 2.21. The smallest absolute Gasteiger partial charge is 0.276 e. The Labute approximate surface area is 160 Å². The molecule has 0 saturated carbocycles. The van der Waals surface area contributed by atoms with Crippen molar-refractivity contribution < 1.29 is 22.9 Å². The van der Waals surface area contributed by atoms with Crippen molar-refractivity contribution in [1.82, 2.24) is 15.0 Å². The topological polar surface area (TPSA) is 79.8 Å². The third kappa shape index (κ3) is 3.80. The average Bonchev–Trinajstić information content (AvgIpc) is 3.41. The van der Waals surface area contributed by atoms with Crippen LogP contribution in [0, 0.1) is 5.82 Å². The van der Waals surface area contributed by atoms with Gasteiger partial charge in [0, 0.05) is 32.2 Å². The molecule has 144 valence electrons. The molecule has 0 bridgehead atoms. The van der Waals surface area contributed by atoms with Crippen molar-refractivity contribution in [2.45, 2.75) is 6.42 Å². The molecular weight excluding hydrogens is 365 g/mol. The van der Waals surface area contributed by atoms with Crippen molar-refractivity contribution in [1.29, 1.82) is 0 Å². The lowest BCUT2D eigenvalue weighted by molar-refractivity contribution is -0.131. The molecular formula is C20H18FN3O4. The molecule has 1 aliphatic rings. The van der Waals surface area contributed by atoms with E-state index in [0.717, 1.165) is 5.56 Å². The van der Waals surface area contributed by atoms with Crippen molar-refractivity contribution in [3.63, 3.8) is 0 Å². The molecule has 3 aromatic rings. The van der Waals surface area contributed by atoms with E-state index in [4.69, 9.17) is 8.94 Å². The van der Waals surface area contributed by atoms with Gasteiger partial charge in [-0.05, 0) is 29.8 Å². The lowest BCUT2D eigenvalue weighted by atomic mass is 10.1. The molecule has 1 saturated heterocycles. The van der Waals surface area contributed by atoms with Gasteiger partial charge < -0.3 is 18.7 Å². The monoisotopic (exact) mass is 383 g/mol. The predicted molar refractivity (Wildman–Crippen MR) is 96.8 cm³/mol. The second-order valence-electron chi connectivity index (χ2n) is 6.53. The van der Waals surface area contributed by atoms with Gasteiger partial charge in [-0.15, -0.1) is 0 Å². The fourth-order valence-corrected chi connectivity index (χ4v) is 3.12. The Morgan fingerprint density at radius 3 is 2.39 bits per heavy atom. The van der Waals surface area contributed by atoms with Crippen molar-refractivity contribution in [2.75, 3.05) is 26.2 Å². The number of furan rings is 1. The van der Waals surface area contributed by atoms with E-state index in [9.17, 15) is 14.0 Å². The summed E-state index contributed by atoms with van der Waals surface area (Å²) in [5.74, 6) is 0.281. The highest BCUT2D eigenvalue weighted by molar-refractivity contribution is 5.93. The van der Waals surface area contributed by atoms with Crippen LogP contribution >= 0.6 is 0 Å². The molecule has 1 aromatic carbocycles. The third-order valence-electron chi connectivity index (χ3n) is 4.68. The lowest BCUT2D eigenvalue weighted by Gasteiger charge is -2.34. The number of carbonyl (C=O) groups is 2. The van der Waals surface area contributed by atoms with Crippen LogP contribution in [0.4, 0.5) is 4.39 Å². The minimum Gasteiger partial charge on any atom is -0.461 e. The zero-order valence-electron chi connectivity index (χ0n) is 15.0. The summed E-state index contributed by atoms with van der Waals surface area (Å²) in [6.45, 7) is 1.71. The maximum Gasteiger partial charge on any atom is 0.276 e. The Morgan fingerprint density at radius 1 is 1.00 bits per heavy atom. The first-order valence-corrected chi connectivity index (χ1v) is 8.92. The van der Waals surface area contributed by atoms with Gasteiger partial charge in [0.2, 0.25) is 11.7 Å². The quantitative estimate of drug-likeness (QED) is 0.692. The minimum absolute atomic E-state index is 0.0414. The van der Waals surface area contributed by atoms with Crippen LogP contribution in [-0.4, -0.2) is 52.9 Å². The summed E-state index contributed by atoms with van der Waals surface area (Å²) in [6.07, 6.45) is 1.73. The predicted octanol–water partition coefficient (Wildman–Crippen LogP) is 2.60. The molecule has 0 radical (unpaired) electrons. The SMILES string of the molecule is O=C(Cc1ccc(F)cc1)N1CCN(C(=O)c2cc(-c3ccco3)on2)CC1. The van der Waals surface area contributed by atoms with Gasteiger partial charge in [0.25, 0.3) is 5.91 Å². The fraction of sp³-hybridized carbons (Fsp3) is 0.250. The number of piperazine rings is 1. The highest BCUT2D eigenvalue weighted by Gasteiger charge is 2.27. The number of carbonyl (C=O) groups excluding carboxylic acids is 2. The van der Waals surface area contributed by atoms with Gasteiger partial charge in [-0.25, -0.2) is 4.39 Å². The standard InChI is InChI=1S/C20H18FN3O4/c21-15-5-3-14(4-6-15)12-19(25)23-7-9-24(10-8-23)20(26)16-13-18(28-22-16)17-2-1-11-27-17/h1-6,11,13H,7-10,12H2. The van der Waals surface area contributed by atoms with Gasteiger partial charge >= 0.3 is 0 Å². The van der Waals surface area contributed by atoms with E-state index in [1.807, 2.05) is 0 Å². The molecule has 1 fully saturated rings. The number of rotatable bonds is 4. The van der Waals surface area contributed by atoms with E-state index in [0.29, 0.717) is 37.7 Å². The number of halogens is 1. The van der Waals surface area contributed by atoms with Crippen LogP contribution in [0.2, 0.25) is 0 Å². The lowest BCUT2D eigenvalue weighted by Crippen LogP contribution is -2.51. The summed E-state index contributed by atoms with van der Waals surface area (Å²) < 4.78 is 23.4. The van der Waals surface area contributed by atoms with Crippen LogP contribution in [0.25, 0.3) is 11.5 Å². The van der Waals surface area contributed by atoms with Crippen molar-refractivity contribution in [2.24, 2.45) is 0 Å². The van der Waals surface area contributed by atoms with Crippen molar-refractivity contribution >= 4 is 11.8 Å². The van der Waals surface area contributed by atoms with Crippen LogP contribution in [0.5, 0.6) is 0 Å². The Balaban J connectivity index is 1.33. The molecule has 2 amide bonds. The molecule has 7 nitrogen and oxygen atoms in total. The molecule has 2 aromatic heterocycles. The first-order chi connectivity index (χ1) is 13.6. The third-order valence-corrected chi connectivity index (χ3v) is 4.68. The molecule has 0 unspecified atom stereocenters. The van der Waals surface area contributed by atoms with Gasteiger partial charge in [-0.1, -0.05) is 17.3 Å². The molecule has 0 N–H and O–H groups in total. The van der Waals surface area contributed by atoms with Crippen molar-refractivity contribution in [3.8, 4) is 11.5 Å². The Morgan fingerprint density at radius 2 is 1.71 bits per heavy atom. The van der Waals surface area contributed by atoms with Gasteiger partial charge in [0.1, 0.15) is 5.82 Å². The Kier molecular flexibility index (Phi) is 4.92. The van der Waals surface area contributed by atoms with Crippen LogP contribution in [0.3, 0.4) is 0 Å². The average molecular weight is 383 g/mol. The maximum absolute atomic E-state index is 13.0. The first-order valence-electron chi connectivity index (χ1n) is 8.92. The highest BCUT2D eigenvalue weighted by atomic mass is 19.1. The second-order valence-corrected chi connectivity index (χ2v) is 6.53. The van der Waals surface area contributed by atoms with Crippen LogP contribution < -0.4 is 0 Å². The summed E-state index contributed by atoms with van der Waals surface area (Å²) in [5, 5.41) is 3.83.